The molecule has 2 N–H and O–H groups in total. The number of ether oxygens (including phenoxy) is 2. The molecule has 2 aliphatic heterocycles. The summed E-state index contributed by atoms with van der Waals surface area (Å²) in [6, 6.07) is 5.90. The van der Waals surface area contributed by atoms with E-state index in [9.17, 15) is 14.4 Å². The molecule has 2 atom stereocenters. The van der Waals surface area contributed by atoms with Gasteiger partial charge in [0.25, 0.3) is 0 Å². The summed E-state index contributed by atoms with van der Waals surface area (Å²) in [5.41, 5.74) is 1.55. The van der Waals surface area contributed by atoms with Gasteiger partial charge in [0.15, 0.2) is 0 Å². The fourth-order valence-corrected chi connectivity index (χ4v) is 4.10. The highest BCUT2D eigenvalue weighted by molar-refractivity contribution is 6.30. The molecule has 2 heterocycles. The van der Waals surface area contributed by atoms with Crippen LogP contribution in [0, 0.1) is 5.92 Å². The quantitative estimate of drug-likeness (QED) is 0.621. The maximum absolute atomic E-state index is 12.9. The molecule has 0 radical (unpaired) electrons. The lowest BCUT2D eigenvalue weighted by Crippen LogP contribution is -2.50. The monoisotopic (exact) mass is 449 g/mol. The number of rotatable bonds is 7. The topological polar surface area (TPSA) is 97.0 Å². The Morgan fingerprint density at radius 2 is 1.87 bits per heavy atom. The molecule has 0 aromatic heterocycles. The molecule has 0 bridgehead atoms. The van der Waals surface area contributed by atoms with Crippen LogP contribution in [-0.2, 0) is 19.1 Å². The Balaban J connectivity index is 1.89. The summed E-state index contributed by atoms with van der Waals surface area (Å²) in [5, 5.41) is 6.15. The lowest BCUT2D eigenvalue weighted by molar-refractivity contribution is -0.150. The molecule has 0 spiro atoms. The largest absolute Gasteiger partial charge is 0.466 e. The number of carbonyl (C=O) groups is 3. The smallest absolute Gasteiger partial charge is 0.338 e. The molecular formula is C22H28ClN3O5. The van der Waals surface area contributed by atoms with E-state index in [2.05, 4.69) is 15.5 Å². The number of esters is 2. The van der Waals surface area contributed by atoms with Crippen LogP contribution in [0.4, 0.5) is 4.79 Å². The number of hydrogen-bond acceptors (Lipinski definition) is 6. The van der Waals surface area contributed by atoms with Gasteiger partial charge in [-0.2, -0.15) is 0 Å². The van der Waals surface area contributed by atoms with Gasteiger partial charge in [-0.15, -0.1) is 0 Å². The molecule has 2 aliphatic rings. The average Bonchev–Trinajstić information content (AvgIpc) is 2.74. The molecular weight excluding hydrogens is 422 g/mol. The van der Waals surface area contributed by atoms with Crippen molar-refractivity contribution in [3.05, 3.63) is 46.1 Å². The van der Waals surface area contributed by atoms with Crippen molar-refractivity contribution in [2.75, 3.05) is 32.8 Å². The lowest BCUT2D eigenvalue weighted by Gasteiger charge is -2.35. The first-order valence-electron chi connectivity index (χ1n) is 10.5. The normalized spacial score (nSPS) is 21.8. The summed E-state index contributed by atoms with van der Waals surface area (Å²) >= 11 is 6.00. The van der Waals surface area contributed by atoms with Crippen LogP contribution in [0.3, 0.4) is 0 Å². The maximum atomic E-state index is 12.9. The van der Waals surface area contributed by atoms with Gasteiger partial charge in [0, 0.05) is 23.8 Å². The van der Waals surface area contributed by atoms with Crippen molar-refractivity contribution in [2.24, 2.45) is 5.92 Å². The minimum atomic E-state index is -0.661. The van der Waals surface area contributed by atoms with Crippen LogP contribution in [0.25, 0.3) is 0 Å². The summed E-state index contributed by atoms with van der Waals surface area (Å²) in [7, 11) is 0. The van der Waals surface area contributed by atoms with Crippen LogP contribution < -0.4 is 10.6 Å². The molecule has 2 amide bonds. The second kappa shape index (κ2) is 10.6. The molecule has 1 saturated heterocycles. The highest BCUT2D eigenvalue weighted by Crippen LogP contribution is 2.30. The number of halogens is 1. The molecule has 1 aromatic carbocycles. The van der Waals surface area contributed by atoms with Crippen LogP contribution >= 0.6 is 11.6 Å². The minimum Gasteiger partial charge on any atom is -0.466 e. The standard InChI is InChI=1S/C22H28ClN3O5/c1-3-30-20(27)15-6-5-11-26(12-15)13-17-18(21(28)31-4-2)19(25-22(29)24-17)14-7-9-16(23)10-8-14/h7-10,15,19H,3-6,11-13H2,1-2H3,(H2,24,25,29)/t15-,19+/m0/s1. The summed E-state index contributed by atoms with van der Waals surface area (Å²) in [6.07, 6.45) is 1.60. The van der Waals surface area contributed by atoms with Gasteiger partial charge in [-0.05, 0) is 50.9 Å². The Kier molecular flexibility index (Phi) is 7.92. The molecule has 0 saturated carbocycles. The molecule has 3 rings (SSSR count). The molecule has 168 valence electrons. The van der Waals surface area contributed by atoms with Crippen molar-refractivity contribution in [1.82, 2.24) is 15.5 Å². The second-order valence-electron chi connectivity index (χ2n) is 7.52. The predicted molar refractivity (Wildman–Crippen MR) is 115 cm³/mol. The number of amides is 2. The third-order valence-electron chi connectivity index (χ3n) is 5.36. The zero-order valence-corrected chi connectivity index (χ0v) is 18.5. The second-order valence-corrected chi connectivity index (χ2v) is 7.96. The molecule has 1 aromatic rings. The van der Waals surface area contributed by atoms with Crippen LogP contribution in [0.15, 0.2) is 35.5 Å². The molecule has 1 fully saturated rings. The molecule has 31 heavy (non-hydrogen) atoms. The Labute approximate surface area is 186 Å². The number of hydrogen-bond donors (Lipinski definition) is 2. The van der Waals surface area contributed by atoms with E-state index < -0.39 is 18.0 Å². The Bertz CT molecular complexity index is 855. The van der Waals surface area contributed by atoms with E-state index in [1.54, 1.807) is 38.1 Å². The van der Waals surface area contributed by atoms with Crippen molar-refractivity contribution in [2.45, 2.75) is 32.7 Å². The van der Waals surface area contributed by atoms with E-state index in [1.165, 1.54) is 0 Å². The Hall–Kier alpha value is -2.58. The first-order valence-corrected chi connectivity index (χ1v) is 10.9. The van der Waals surface area contributed by atoms with Gasteiger partial charge in [-0.25, -0.2) is 9.59 Å². The van der Waals surface area contributed by atoms with E-state index in [1.807, 2.05) is 0 Å². The van der Waals surface area contributed by atoms with Gasteiger partial charge in [-0.3, -0.25) is 9.69 Å². The zero-order valence-electron chi connectivity index (χ0n) is 17.8. The molecule has 0 aliphatic carbocycles. The zero-order chi connectivity index (χ0) is 22.4. The number of urea groups is 1. The van der Waals surface area contributed by atoms with Crippen LogP contribution in [-0.4, -0.2) is 55.7 Å². The van der Waals surface area contributed by atoms with Crippen LogP contribution in [0.1, 0.15) is 38.3 Å². The summed E-state index contributed by atoms with van der Waals surface area (Å²) in [4.78, 5) is 39.5. The molecule has 9 heteroatoms. The fourth-order valence-electron chi connectivity index (χ4n) is 3.97. The van der Waals surface area contributed by atoms with Crippen LogP contribution in [0.2, 0.25) is 5.02 Å². The number of nitrogens with one attached hydrogen (secondary N) is 2. The number of nitrogens with zero attached hydrogens (tertiary/aromatic N) is 1. The molecule has 8 nitrogen and oxygen atoms in total. The third kappa shape index (κ3) is 5.77. The van der Waals surface area contributed by atoms with Gasteiger partial charge < -0.3 is 20.1 Å². The van der Waals surface area contributed by atoms with E-state index in [-0.39, 0.29) is 18.5 Å². The van der Waals surface area contributed by atoms with Crippen molar-refractivity contribution in [3.63, 3.8) is 0 Å². The van der Waals surface area contributed by atoms with E-state index >= 15 is 0 Å². The van der Waals surface area contributed by atoms with Crippen molar-refractivity contribution in [1.29, 1.82) is 0 Å². The first-order chi connectivity index (χ1) is 14.9. The lowest BCUT2D eigenvalue weighted by atomic mass is 9.94. The van der Waals surface area contributed by atoms with Gasteiger partial charge in [-0.1, -0.05) is 23.7 Å². The number of likely N-dealkylation sites (tertiary alicyclic amines) is 1. The highest BCUT2D eigenvalue weighted by atomic mass is 35.5. The van der Waals surface area contributed by atoms with Crippen molar-refractivity contribution >= 4 is 29.6 Å². The van der Waals surface area contributed by atoms with E-state index in [4.69, 9.17) is 21.1 Å². The van der Waals surface area contributed by atoms with Gasteiger partial charge >= 0.3 is 18.0 Å². The predicted octanol–water partition coefficient (Wildman–Crippen LogP) is 2.79. The maximum Gasteiger partial charge on any atom is 0.338 e. The minimum absolute atomic E-state index is 0.208. The van der Waals surface area contributed by atoms with Gasteiger partial charge in [0.2, 0.25) is 0 Å². The van der Waals surface area contributed by atoms with Gasteiger partial charge in [0.05, 0.1) is 30.7 Å². The third-order valence-corrected chi connectivity index (χ3v) is 5.61. The summed E-state index contributed by atoms with van der Waals surface area (Å²) in [5.74, 6) is -0.922. The SMILES string of the molecule is CCOC(=O)C1=C(CN2CCC[C@H](C(=O)OCC)C2)NC(=O)N[C@@H]1c1ccc(Cl)cc1. The average molecular weight is 450 g/mol. The van der Waals surface area contributed by atoms with E-state index in [0.29, 0.717) is 36.0 Å². The van der Waals surface area contributed by atoms with Gasteiger partial charge in [0.1, 0.15) is 0 Å². The molecule has 0 unspecified atom stereocenters. The number of carbonyl (C=O) groups excluding carboxylic acids is 3. The van der Waals surface area contributed by atoms with Crippen molar-refractivity contribution < 1.29 is 23.9 Å². The summed E-state index contributed by atoms with van der Waals surface area (Å²) in [6.45, 7) is 5.66. The highest BCUT2D eigenvalue weighted by Gasteiger charge is 2.35. The Morgan fingerprint density at radius 3 is 2.55 bits per heavy atom. The number of benzene rings is 1. The fraction of sp³-hybridized carbons (Fsp3) is 0.500. The summed E-state index contributed by atoms with van der Waals surface area (Å²) < 4.78 is 10.5. The Morgan fingerprint density at radius 1 is 1.16 bits per heavy atom. The van der Waals surface area contributed by atoms with Crippen LogP contribution in [0.5, 0.6) is 0 Å². The number of piperidine rings is 1. The first kappa shape index (κ1) is 23.1. The van der Waals surface area contributed by atoms with E-state index in [0.717, 1.165) is 24.9 Å². The van der Waals surface area contributed by atoms with Crippen molar-refractivity contribution in [3.8, 4) is 0 Å².